The highest BCUT2D eigenvalue weighted by Gasteiger charge is 2.29. The van der Waals surface area contributed by atoms with E-state index in [0.29, 0.717) is 11.8 Å². The van der Waals surface area contributed by atoms with Crippen LogP contribution in [0.2, 0.25) is 0 Å². The van der Waals surface area contributed by atoms with Crippen LogP contribution in [0.25, 0.3) is 16.3 Å². The number of nitrogens with one attached hydrogen (secondary N) is 1. The number of fused-ring (bicyclic) bond motifs is 1. The van der Waals surface area contributed by atoms with Crippen LogP contribution >= 0.6 is 11.3 Å². The highest BCUT2D eigenvalue weighted by Crippen LogP contribution is 2.29. The number of hydrogen-bond donors (Lipinski definition) is 1. The lowest BCUT2D eigenvalue weighted by Crippen LogP contribution is -2.47. The van der Waals surface area contributed by atoms with Crippen LogP contribution in [0.3, 0.4) is 0 Å². The van der Waals surface area contributed by atoms with Crippen LogP contribution in [0.15, 0.2) is 30.3 Å². The van der Waals surface area contributed by atoms with Crippen LogP contribution in [-0.2, 0) is 14.3 Å². The maximum atomic E-state index is 12.4. The van der Waals surface area contributed by atoms with Crippen molar-refractivity contribution >= 4 is 39.5 Å². The number of para-hydroxylation sites is 1. The average Bonchev–Trinajstić information content (AvgIpc) is 3.06. The summed E-state index contributed by atoms with van der Waals surface area (Å²) in [5, 5.41) is 3.78. The van der Waals surface area contributed by atoms with Crippen molar-refractivity contribution in [2.75, 3.05) is 0 Å². The van der Waals surface area contributed by atoms with E-state index in [9.17, 15) is 9.59 Å². The van der Waals surface area contributed by atoms with Crippen molar-refractivity contribution in [3.63, 3.8) is 0 Å². The van der Waals surface area contributed by atoms with Crippen molar-refractivity contribution in [1.82, 2.24) is 10.3 Å². The standard InChI is InChI=1S/C21H26N2O3S/c1-13-7-6-9-16(14(13)2)23-21(25)15(3)26-20(24)12-11-19-22-17-8-4-5-10-18(17)27-19/h4-5,8,10-16H,6-7,9H2,1-3H3,(H,23,25)/b12-11+/t13-,14-,15-,16-/m1/s1. The van der Waals surface area contributed by atoms with E-state index in [2.05, 4.69) is 24.1 Å². The first-order valence-electron chi connectivity index (χ1n) is 9.48. The first-order valence-corrected chi connectivity index (χ1v) is 10.3. The van der Waals surface area contributed by atoms with Crippen molar-refractivity contribution in [2.24, 2.45) is 11.8 Å². The van der Waals surface area contributed by atoms with Gasteiger partial charge in [-0.15, -0.1) is 11.3 Å². The Balaban J connectivity index is 1.52. The fourth-order valence-corrected chi connectivity index (χ4v) is 4.32. The molecule has 1 fully saturated rings. The van der Waals surface area contributed by atoms with Gasteiger partial charge in [-0.25, -0.2) is 9.78 Å². The van der Waals surface area contributed by atoms with Crippen molar-refractivity contribution in [2.45, 2.75) is 52.2 Å². The Bertz CT molecular complexity index is 812. The summed E-state index contributed by atoms with van der Waals surface area (Å²) < 4.78 is 6.31. The predicted octanol–water partition coefficient (Wildman–Crippen LogP) is 4.18. The molecule has 144 valence electrons. The maximum Gasteiger partial charge on any atom is 0.331 e. The van der Waals surface area contributed by atoms with E-state index >= 15 is 0 Å². The second-order valence-electron chi connectivity index (χ2n) is 7.31. The van der Waals surface area contributed by atoms with Crippen LogP contribution in [0.5, 0.6) is 0 Å². The van der Waals surface area contributed by atoms with E-state index in [1.54, 1.807) is 13.0 Å². The van der Waals surface area contributed by atoms with Gasteiger partial charge in [0, 0.05) is 12.1 Å². The van der Waals surface area contributed by atoms with Gasteiger partial charge in [0.05, 0.1) is 10.2 Å². The Hall–Kier alpha value is -2.21. The predicted molar refractivity (Wildman–Crippen MR) is 108 cm³/mol. The Labute approximate surface area is 163 Å². The lowest BCUT2D eigenvalue weighted by molar-refractivity contribution is -0.150. The van der Waals surface area contributed by atoms with Gasteiger partial charge in [0.15, 0.2) is 6.10 Å². The summed E-state index contributed by atoms with van der Waals surface area (Å²) in [7, 11) is 0. The van der Waals surface area contributed by atoms with Crippen molar-refractivity contribution in [1.29, 1.82) is 0 Å². The Kier molecular flexibility index (Phi) is 6.26. The fourth-order valence-electron chi connectivity index (χ4n) is 3.45. The molecule has 1 aliphatic rings. The van der Waals surface area contributed by atoms with Crippen LogP contribution in [0, 0.1) is 11.8 Å². The first-order chi connectivity index (χ1) is 12.9. The second kappa shape index (κ2) is 8.65. The van der Waals surface area contributed by atoms with Crippen LogP contribution in [0.4, 0.5) is 0 Å². The monoisotopic (exact) mass is 386 g/mol. The third kappa shape index (κ3) is 4.95. The molecule has 1 N–H and O–H groups in total. The number of carbonyl (C=O) groups excluding carboxylic acids is 2. The summed E-state index contributed by atoms with van der Waals surface area (Å²) in [6.45, 7) is 6.00. The highest BCUT2D eigenvalue weighted by atomic mass is 32.1. The molecule has 2 aromatic rings. The summed E-state index contributed by atoms with van der Waals surface area (Å²) in [4.78, 5) is 28.8. The third-order valence-electron chi connectivity index (χ3n) is 5.37. The summed E-state index contributed by atoms with van der Waals surface area (Å²) in [6, 6.07) is 7.96. The topological polar surface area (TPSA) is 68.3 Å². The molecule has 0 radical (unpaired) electrons. The lowest BCUT2D eigenvalue weighted by Gasteiger charge is -2.35. The van der Waals surface area contributed by atoms with E-state index in [0.717, 1.165) is 28.1 Å². The Morgan fingerprint density at radius 1 is 1.30 bits per heavy atom. The molecule has 0 bridgehead atoms. The SMILES string of the molecule is C[C@@H]1[C@H](C)CCC[C@H]1NC(=O)[C@@H](C)OC(=O)/C=C/c1nc2ccccc2s1. The minimum absolute atomic E-state index is 0.153. The molecular formula is C21H26N2O3S. The number of thiazole rings is 1. The Morgan fingerprint density at radius 2 is 2.07 bits per heavy atom. The number of carbonyl (C=O) groups is 2. The van der Waals surface area contributed by atoms with Gasteiger partial charge in [-0.3, -0.25) is 4.79 Å². The van der Waals surface area contributed by atoms with Gasteiger partial charge in [-0.05, 0) is 43.4 Å². The summed E-state index contributed by atoms with van der Waals surface area (Å²) >= 11 is 1.50. The number of benzene rings is 1. The summed E-state index contributed by atoms with van der Waals surface area (Å²) in [6.07, 6.45) is 5.44. The number of amides is 1. The van der Waals surface area contributed by atoms with Crippen LogP contribution in [0.1, 0.15) is 45.0 Å². The largest absolute Gasteiger partial charge is 0.449 e. The number of hydrogen-bond acceptors (Lipinski definition) is 5. The highest BCUT2D eigenvalue weighted by molar-refractivity contribution is 7.19. The van der Waals surface area contributed by atoms with Crippen molar-refractivity contribution < 1.29 is 14.3 Å². The zero-order valence-electron chi connectivity index (χ0n) is 16.0. The minimum Gasteiger partial charge on any atom is -0.449 e. The van der Waals surface area contributed by atoms with E-state index < -0.39 is 12.1 Å². The molecule has 0 aliphatic heterocycles. The van der Waals surface area contributed by atoms with Crippen molar-refractivity contribution in [3.05, 3.63) is 35.3 Å². The van der Waals surface area contributed by atoms with E-state index in [1.165, 1.54) is 23.8 Å². The third-order valence-corrected chi connectivity index (χ3v) is 6.37. The quantitative estimate of drug-likeness (QED) is 0.618. The maximum absolute atomic E-state index is 12.4. The molecule has 0 spiro atoms. The van der Waals surface area contributed by atoms with Gasteiger partial charge < -0.3 is 10.1 Å². The zero-order chi connectivity index (χ0) is 19.4. The molecule has 1 saturated carbocycles. The lowest BCUT2D eigenvalue weighted by atomic mass is 9.78. The molecule has 1 heterocycles. The molecule has 0 unspecified atom stereocenters. The normalized spacial score (nSPS) is 24.0. The number of rotatable bonds is 5. The first kappa shape index (κ1) is 19.5. The fraction of sp³-hybridized carbons (Fsp3) is 0.476. The molecule has 6 heteroatoms. The molecule has 1 amide bonds. The van der Waals surface area contributed by atoms with Gasteiger partial charge in [0.25, 0.3) is 5.91 Å². The minimum atomic E-state index is -0.818. The molecule has 1 aromatic carbocycles. The molecule has 3 rings (SSSR count). The second-order valence-corrected chi connectivity index (χ2v) is 8.38. The van der Waals surface area contributed by atoms with Gasteiger partial charge >= 0.3 is 5.97 Å². The molecule has 4 atom stereocenters. The van der Waals surface area contributed by atoms with Crippen molar-refractivity contribution in [3.8, 4) is 0 Å². The molecule has 1 aromatic heterocycles. The smallest absolute Gasteiger partial charge is 0.331 e. The van der Waals surface area contributed by atoms with Crippen LogP contribution < -0.4 is 5.32 Å². The van der Waals surface area contributed by atoms with E-state index in [1.807, 2.05) is 24.3 Å². The van der Waals surface area contributed by atoms with E-state index in [-0.39, 0.29) is 11.9 Å². The van der Waals surface area contributed by atoms with Gasteiger partial charge in [-0.2, -0.15) is 0 Å². The van der Waals surface area contributed by atoms with Gasteiger partial charge in [-0.1, -0.05) is 38.8 Å². The molecule has 5 nitrogen and oxygen atoms in total. The number of aromatic nitrogens is 1. The number of nitrogens with zero attached hydrogens (tertiary/aromatic N) is 1. The molecule has 1 aliphatic carbocycles. The van der Waals surface area contributed by atoms with Crippen LogP contribution in [-0.4, -0.2) is 29.0 Å². The summed E-state index contributed by atoms with van der Waals surface area (Å²) in [5.41, 5.74) is 0.902. The number of ether oxygens (including phenoxy) is 1. The Morgan fingerprint density at radius 3 is 2.85 bits per heavy atom. The molecule has 0 saturated heterocycles. The zero-order valence-corrected chi connectivity index (χ0v) is 16.8. The molecule has 27 heavy (non-hydrogen) atoms. The van der Waals surface area contributed by atoms with Gasteiger partial charge in [0.2, 0.25) is 0 Å². The van der Waals surface area contributed by atoms with Gasteiger partial charge in [0.1, 0.15) is 5.01 Å². The summed E-state index contributed by atoms with van der Waals surface area (Å²) in [5.74, 6) is 0.257. The number of esters is 1. The van der Waals surface area contributed by atoms with E-state index in [4.69, 9.17) is 4.74 Å². The average molecular weight is 387 g/mol. The molecular weight excluding hydrogens is 360 g/mol.